The first-order chi connectivity index (χ1) is 14.4. The van der Waals surface area contributed by atoms with Gasteiger partial charge in [0, 0.05) is 48.7 Å². The average molecular weight is 425 g/mol. The van der Waals surface area contributed by atoms with Gasteiger partial charge in [-0.05, 0) is 25.1 Å². The van der Waals surface area contributed by atoms with Crippen LogP contribution < -0.4 is 15.8 Å². The number of urea groups is 1. The largest absolute Gasteiger partial charge is 0.344 e. The molecule has 1 fully saturated rings. The summed E-state index contributed by atoms with van der Waals surface area (Å²) in [5.41, 5.74) is 1.26. The number of carbonyl (C=O) groups is 1. The van der Waals surface area contributed by atoms with E-state index in [0.29, 0.717) is 36.0 Å². The number of aryl methyl sites for hydroxylation is 1. The van der Waals surface area contributed by atoms with E-state index >= 15 is 0 Å². The molecule has 30 heavy (non-hydrogen) atoms. The van der Waals surface area contributed by atoms with E-state index in [1.807, 2.05) is 36.1 Å². The van der Waals surface area contributed by atoms with Crippen molar-refractivity contribution in [2.45, 2.75) is 6.92 Å². The van der Waals surface area contributed by atoms with Crippen molar-refractivity contribution < 1.29 is 9.72 Å². The number of nitro groups is 1. The SMILES string of the molecule is Cc1ccc(NC(=O)N2CCN(c3nc(=O)c4cc([N+](=O)[O-])ccc4s3)CC2)cc1. The van der Waals surface area contributed by atoms with E-state index in [4.69, 9.17) is 0 Å². The molecule has 1 aromatic heterocycles. The molecule has 3 aromatic rings. The van der Waals surface area contributed by atoms with E-state index in [9.17, 15) is 19.7 Å². The lowest BCUT2D eigenvalue weighted by atomic mass is 10.2. The predicted octanol–water partition coefficient (Wildman–Crippen LogP) is 3.23. The van der Waals surface area contributed by atoms with Crippen molar-refractivity contribution >= 4 is 44.0 Å². The number of hydrogen-bond acceptors (Lipinski definition) is 7. The number of nitrogens with one attached hydrogen (secondary N) is 1. The molecule has 2 amide bonds. The standard InChI is InChI=1S/C20H19N5O4S/c1-13-2-4-14(5-3-13)21-19(27)23-8-10-24(11-9-23)20-22-18(26)16-12-15(25(28)29)6-7-17(16)30-20/h2-7,12H,8-11H2,1H3,(H,21,27). The van der Waals surface area contributed by atoms with Gasteiger partial charge in [0.2, 0.25) is 0 Å². The fourth-order valence-electron chi connectivity index (χ4n) is 3.23. The summed E-state index contributed by atoms with van der Waals surface area (Å²) in [6.45, 7) is 4.07. The van der Waals surface area contributed by atoms with Crippen molar-refractivity contribution in [3.63, 3.8) is 0 Å². The Balaban J connectivity index is 1.44. The van der Waals surface area contributed by atoms with Crippen LogP contribution in [0.2, 0.25) is 0 Å². The first kappa shape index (κ1) is 19.8. The molecule has 0 aliphatic carbocycles. The maximum atomic E-state index is 12.5. The molecule has 0 atom stereocenters. The average Bonchev–Trinajstić information content (AvgIpc) is 2.75. The fraction of sp³-hybridized carbons (Fsp3) is 0.250. The van der Waals surface area contributed by atoms with Gasteiger partial charge >= 0.3 is 6.03 Å². The summed E-state index contributed by atoms with van der Waals surface area (Å²) in [4.78, 5) is 43.1. The van der Waals surface area contributed by atoms with Gasteiger partial charge in [-0.3, -0.25) is 14.9 Å². The number of nitrogens with zero attached hydrogens (tertiary/aromatic N) is 4. The highest BCUT2D eigenvalue weighted by molar-refractivity contribution is 7.21. The number of rotatable bonds is 3. The predicted molar refractivity (Wildman–Crippen MR) is 117 cm³/mol. The van der Waals surface area contributed by atoms with Gasteiger partial charge in [0.25, 0.3) is 11.2 Å². The number of piperazine rings is 1. The van der Waals surface area contributed by atoms with Gasteiger partial charge in [-0.15, -0.1) is 0 Å². The van der Waals surface area contributed by atoms with E-state index < -0.39 is 10.5 Å². The van der Waals surface area contributed by atoms with Gasteiger partial charge in [-0.2, -0.15) is 4.98 Å². The van der Waals surface area contributed by atoms with Crippen molar-refractivity contribution in [1.82, 2.24) is 9.88 Å². The summed E-state index contributed by atoms with van der Waals surface area (Å²) in [6.07, 6.45) is 0. The molecule has 1 aliphatic heterocycles. The molecule has 10 heteroatoms. The molecular weight excluding hydrogens is 406 g/mol. The lowest BCUT2D eigenvalue weighted by molar-refractivity contribution is -0.384. The van der Waals surface area contributed by atoms with Crippen LogP contribution in [-0.4, -0.2) is 47.0 Å². The van der Waals surface area contributed by atoms with Gasteiger partial charge < -0.3 is 15.1 Å². The molecule has 1 aliphatic rings. The van der Waals surface area contributed by atoms with Crippen LogP contribution in [-0.2, 0) is 0 Å². The van der Waals surface area contributed by atoms with E-state index in [2.05, 4.69) is 10.3 Å². The molecule has 0 radical (unpaired) electrons. The van der Waals surface area contributed by atoms with Crippen LogP contribution in [0.4, 0.5) is 21.3 Å². The van der Waals surface area contributed by atoms with Crippen molar-refractivity contribution in [2.24, 2.45) is 0 Å². The summed E-state index contributed by atoms with van der Waals surface area (Å²) in [5.74, 6) is 0. The molecule has 4 rings (SSSR count). The van der Waals surface area contributed by atoms with Crippen molar-refractivity contribution in [1.29, 1.82) is 0 Å². The Kier molecular flexibility index (Phi) is 5.32. The smallest absolute Gasteiger partial charge is 0.321 e. The first-order valence-corrected chi connectivity index (χ1v) is 10.2. The van der Waals surface area contributed by atoms with E-state index in [0.717, 1.165) is 11.3 Å². The monoisotopic (exact) mass is 425 g/mol. The Bertz CT molecular complexity index is 1170. The molecule has 0 unspecified atom stereocenters. The normalized spacial score (nSPS) is 14.0. The Morgan fingerprint density at radius 2 is 1.83 bits per heavy atom. The van der Waals surface area contributed by atoms with Crippen molar-refractivity contribution in [3.8, 4) is 0 Å². The molecular formula is C20H19N5O4S. The number of amides is 2. The first-order valence-electron chi connectivity index (χ1n) is 9.37. The molecule has 0 saturated carbocycles. The van der Waals surface area contributed by atoms with Crippen LogP contribution in [0.15, 0.2) is 47.3 Å². The van der Waals surface area contributed by atoms with Gasteiger partial charge in [0.1, 0.15) is 0 Å². The van der Waals surface area contributed by atoms with Crippen LogP contribution in [0.1, 0.15) is 5.56 Å². The summed E-state index contributed by atoms with van der Waals surface area (Å²) in [6, 6.07) is 11.7. The summed E-state index contributed by atoms with van der Waals surface area (Å²) in [7, 11) is 0. The van der Waals surface area contributed by atoms with Crippen LogP contribution in [0.3, 0.4) is 0 Å². The minimum Gasteiger partial charge on any atom is -0.344 e. The van der Waals surface area contributed by atoms with Crippen LogP contribution >= 0.6 is 11.3 Å². The zero-order valence-corrected chi connectivity index (χ0v) is 17.0. The van der Waals surface area contributed by atoms with Crippen molar-refractivity contribution in [2.75, 3.05) is 36.4 Å². The van der Waals surface area contributed by atoms with Gasteiger partial charge in [0.15, 0.2) is 5.13 Å². The summed E-state index contributed by atoms with van der Waals surface area (Å²) >= 11 is 1.31. The van der Waals surface area contributed by atoms with Gasteiger partial charge in [0.05, 0.1) is 10.3 Å². The highest BCUT2D eigenvalue weighted by Crippen LogP contribution is 2.27. The molecule has 0 spiro atoms. The van der Waals surface area contributed by atoms with Crippen molar-refractivity contribution in [3.05, 3.63) is 68.5 Å². The zero-order chi connectivity index (χ0) is 21.3. The number of hydrogen-bond donors (Lipinski definition) is 1. The Morgan fingerprint density at radius 3 is 2.50 bits per heavy atom. The van der Waals surface area contributed by atoms with Crippen LogP contribution in [0.25, 0.3) is 10.1 Å². The highest BCUT2D eigenvalue weighted by atomic mass is 32.1. The lowest BCUT2D eigenvalue weighted by Gasteiger charge is -2.34. The number of non-ortho nitro benzene ring substituents is 1. The van der Waals surface area contributed by atoms with E-state index in [1.54, 1.807) is 11.0 Å². The van der Waals surface area contributed by atoms with Crippen LogP contribution in [0, 0.1) is 17.0 Å². The Hall–Kier alpha value is -3.53. The minimum absolute atomic E-state index is 0.130. The molecule has 2 aromatic carbocycles. The lowest BCUT2D eigenvalue weighted by Crippen LogP contribution is -2.50. The number of anilines is 2. The third kappa shape index (κ3) is 4.08. The topological polar surface area (TPSA) is 109 Å². The molecule has 2 heterocycles. The molecule has 154 valence electrons. The second-order valence-electron chi connectivity index (χ2n) is 7.01. The maximum absolute atomic E-state index is 12.5. The minimum atomic E-state index is -0.529. The van der Waals surface area contributed by atoms with E-state index in [-0.39, 0.29) is 17.1 Å². The third-order valence-electron chi connectivity index (χ3n) is 4.94. The number of fused-ring (bicyclic) bond motifs is 1. The Labute approximate surface area is 175 Å². The molecule has 0 bridgehead atoms. The van der Waals surface area contributed by atoms with Gasteiger partial charge in [-0.1, -0.05) is 29.0 Å². The number of carbonyl (C=O) groups excluding carboxylic acids is 1. The second-order valence-corrected chi connectivity index (χ2v) is 8.02. The second kappa shape index (κ2) is 8.07. The molecule has 9 nitrogen and oxygen atoms in total. The number of aromatic nitrogens is 1. The quantitative estimate of drug-likeness (QED) is 0.510. The summed E-state index contributed by atoms with van der Waals surface area (Å²) < 4.78 is 0.648. The maximum Gasteiger partial charge on any atom is 0.321 e. The zero-order valence-electron chi connectivity index (χ0n) is 16.2. The third-order valence-corrected chi connectivity index (χ3v) is 6.05. The Morgan fingerprint density at radius 1 is 1.13 bits per heavy atom. The fourth-order valence-corrected chi connectivity index (χ4v) is 4.26. The molecule has 1 saturated heterocycles. The summed E-state index contributed by atoms with van der Waals surface area (Å²) in [5, 5.41) is 14.6. The van der Waals surface area contributed by atoms with Crippen LogP contribution in [0.5, 0.6) is 0 Å². The van der Waals surface area contributed by atoms with Gasteiger partial charge in [-0.25, -0.2) is 4.79 Å². The number of benzene rings is 2. The highest BCUT2D eigenvalue weighted by Gasteiger charge is 2.23. The van der Waals surface area contributed by atoms with E-state index in [1.165, 1.54) is 23.5 Å². The number of nitro benzene ring substituents is 1. The molecule has 1 N–H and O–H groups in total.